The molecule has 29 heavy (non-hydrogen) atoms. The minimum absolute atomic E-state index is 0.0255. The van der Waals surface area contributed by atoms with E-state index in [0.717, 1.165) is 5.69 Å². The van der Waals surface area contributed by atoms with E-state index in [9.17, 15) is 14.0 Å². The fraction of sp³-hybridized carbons (Fsp3) is 0.286. The topological polar surface area (TPSA) is 77.0 Å². The van der Waals surface area contributed by atoms with Gasteiger partial charge in [0.05, 0.1) is 6.42 Å². The third kappa shape index (κ3) is 4.53. The van der Waals surface area contributed by atoms with Gasteiger partial charge in [-0.15, -0.1) is 0 Å². The van der Waals surface area contributed by atoms with E-state index in [-0.39, 0.29) is 24.1 Å². The number of rotatable bonds is 3. The Hall–Kier alpha value is -3.42. The molecule has 2 amide bonds. The number of aliphatic imine (C=N–C) groups is 1. The van der Waals surface area contributed by atoms with Crippen LogP contribution < -0.4 is 15.5 Å². The summed E-state index contributed by atoms with van der Waals surface area (Å²) in [5.41, 5.74) is 1.63. The summed E-state index contributed by atoms with van der Waals surface area (Å²) >= 11 is 0. The van der Waals surface area contributed by atoms with Crippen molar-refractivity contribution in [3.63, 3.8) is 0 Å². The highest BCUT2D eigenvalue weighted by Crippen LogP contribution is 2.18. The lowest BCUT2D eigenvalue weighted by Gasteiger charge is -2.38. The van der Waals surface area contributed by atoms with Crippen LogP contribution in [0, 0.1) is 5.82 Å². The minimum Gasteiger partial charge on any atom is -0.368 e. The van der Waals surface area contributed by atoms with Crippen molar-refractivity contribution in [2.24, 2.45) is 4.99 Å². The van der Waals surface area contributed by atoms with Crippen molar-refractivity contribution in [2.75, 3.05) is 36.4 Å². The number of hydrogen-bond acceptors (Lipinski definition) is 5. The molecule has 4 rings (SSSR count). The van der Waals surface area contributed by atoms with E-state index in [1.54, 1.807) is 24.3 Å². The zero-order chi connectivity index (χ0) is 20.2. The minimum atomic E-state index is -0.755. The molecule has 1 saturated heterocycles. The fourth-order valence-corrected chi connectivity index (χ4v) is 3.46. The first kappa shape index (κ1) is 18.9. The molecule has 0 aromatic heterocycles. The van der Waals surface area contributed by atoms with Crippen LogP contribution >= 0.6 is 0 Å². The molecule has 7 nitrogen and oxygen atoms in total. The number of benzene rings is 2. The van der Waals surface area contributed by atoms with Crippen LogP contribution in [0.3, 0.4) is 0 Å². The standard InChI is InChI=1S/C21H22FN5O2/c22-15-6-8-17(9-7-15)26-10-12-27(13-11-26)21-24-18(14-19(28)25-21)20(29)23-16-4-2-1-3-5-16/h1-9,18H,10-14H2,(H,23,29)(H,24,25,28)/t18-/m1/s1. The molecule has 2 aromatic carbocycles. The summed E-state index contributed by atoms with van der Waals surface area (Å²) in [6.45, 7) is 2.70. The molecule has 0 spiro atoms. The van der Waals surface area contributed by atoms with Crippen molar-refractivity contribution in [3.05, 3.63) is 60.4 Å². The number of amides is 2. The lowest BCUT2D eigenvalue weighted by atomic mass is 10.1. The summed E-state index contributed by atoms with van der Waals surface area (Å²) in [7, 11) is 0. The Bertz CT molecular complexity index is 908. The van der Waals surface area contributed by atoms with Gasteiger partial charge in [0.2, 0.25) is 17.8 Å². The van der Waals surface area contributed by atoms with Crippen LogP contribution in [-0.4, -0.2) is 54.9 Å². The van der Waals surface area contributed by atoms with E-state index < -0.39 is 6.04 Å². The molecule has 0 saturated carbocycles. The number of piperazine rings is 1. The summed E-state index contributed by atoms with van der Waals surface area (Å²) in [4.78, 5) is 33.3. The zero-order valence-corrected chi connectivity index (χ0v) is 15.8. The number of carbonyl (C=O) groups excluding carboxylic acids is 2. The maximum absolute atomic E-state index is 13.1. The van der Waals surface area contributed by atoms with Gasteiger partial charge in [0.15, 0.2) is 0 Å². The maximum atomic E-state index is 13.1. The Balaban J connectivity index is 1.40. The summed E-state index contributed by atoms with van der Waals surface area (Å²) in [6.07, 6.45) is 0.0255. The van der Waals surface area contributed by atoms with Crippen LogP contribution in [0.2, 0.25) is 0 Å². The first-order chi connectivity index (χ1) is 14.1. The van der Waals surface area contributed by atoms with Gasteiger partial charge in [0.25, 0.3) is 0 Å². The van der Waals surface area contributed by atoms with Crippen LogP contribution in [0.5, 0.6) is 0 Å². The van der Waals surface area contributed by atoms with E-state index in [0.29, 0.717) is 37.8 Å². The molecule has 0 radical (unpaired) electrons. The molecule has 1 atom stereocenters. The van der Waals surface area contributed by atoms with E-state index >= 15 is 0 Å². The van der Waals surface area contributed by atoms with Crippen molar-refractivity contribution >= 4 is 29.1 Å². The number of nitrogens with one attached hydrogen (secondary N) is 2. The van der Waals surface area contributed by atoms with Gasteiger partial charge in [-0.2, -0.15) is 0 Å². The molecule has 150 valence electrons. The Morgan fingerprint density at radius 2 is 1.66 bits per heavy atom. The number of anilines is 2. The number of carbonyl (C=O) groups is 2. The van der Waals surface area contributed by atoms with Crippen LogP contribution in [0.4, 0.5) is 15.8 Å². The molecule has 0 bridgehead atoms. The first-order valence-electron chi connectivity index (χ1n) is 9.57. The van der Waals surface area contributed by atoms with Crippen LogP contribution in [0.25, 0.3) is 0 Å². The second-order valence-corrected chi connectivity index (χ2v) is 7.03. The van der Waals surface area contributed by atoms with Gasteiger partial charge in [-0.25, -0.2) is 9.38 Å². The molecule has 2 aliphatic rings. The van der Waals surface area contributed by atoms with Crippen molar-refractivity contribution in [2.45, 2.75) is 12.5 Å². The molecule has 2 aromatic rings. The van der Waals surface area contributed by atoms with Gasteiger partial charge in [-0.1, -0.05) is 18.2 Å². The fourth-order valence-electron chi connectivity index (χ4n) is 3.46. The van der Waals surface area contributed by atoms with E-state index in [1.165, 1.54) is 12.1 Å². The van der Waals surface area contributed by atoms with Gasteiger partial charge >= 0.3 is 0 Å². The lowest BCUT2D eigenvalue weighted by Crippen LogP contribution is -2.56. The summed E-state index contributed by atoms with van der Waals surface area (Å²) in [6, 6.07) is 14.8. The lowest BCUT2D eigenvalue weighted by molar-refractivity contribution is -0.125. The predicted octanol–water partition coefficient (Wildman–Crippen LogP) is 1.83. The third-order valence-electron chi connectivity index (χ3n) is 5.02. The van der Waals surface area contributed by atoms with Gasteiger partial charge in [0.1, 0.15) is 11.9 Å². The number of para-hydroxylation sites is 1. The largest absolute Gasteiger partial charge is 0.368 e. The molecule has 2 aliphatic heterocycles. The highest BCUT2D eigenvalue weighted by Gasteiger charge is 2.30. The summed E-state index contributed by atoms with van der Waals surface area (Å²) in [5.74, 6) is -0.336. The smallest absolute Gasteiger partial charge is 0.249 e. The van der Waals surface area contributed by atoms with Crippen molar-refractivity contribution < 1.29 is 14.0 Å². The Labute approximate surface area is 168 Å². The first-order valence-corrected chi connectivity index (χ1v) is 9.57. The van der Waals surface area contributed by atoms with E-state index in [1.807, 2.05) is 23.1 Å². The van der Waals surface area contributed by atoms with Crippen molar-refractivity contribution in [3.8, 4) is 0 Å². The average Bonchev–Trinajstić information content (AvgIpc) is 2.75. The second kappa shape index (κ2) is 8.30. The average molecular weight is 395 g/mol. The van der Waals surface area contributed by atoms with Crippen molar-refractivity contribution in [1.29, 1.82) is 0 Å². The highest BCUT2D eigenvalue weighted by atomic mass is 19.1. The normalized spacial score (nSPS) is 19.4. The molecule has 8 heteroatoms. The Kier molecular flexibility index (Phi) is 5.41. The van der Waals surface area contributed by atoms with Gasteiger partial charge < -0.3 is 15.1 Å². The molecular formula is C21H22FN5O2. The molecule has 1 fully saturated rings. The van der Waals surface area contributed by atoms with Crippen LogP contribution in [0.15, 0.2) is 59.6 Å². The SMILES string of the molecule is O=C1C[C@H](C(=O)Nc2ccccc2)N=C(N2CCN(c3ccc(F)cc3)CC2)N1. The molecule has 2 N–H and O–H groups in total. The van der Waals surface area contributed by atoms with Gasteiger partial charge in [-0.3, -0.25) is 14.9 Å². The quantitative estimate of drug-likeness (QED) is 0.831. The van der Waals surface area contributed by atoms with Crippen LogP contribution in [0.1, 0.15) is 6.42 Å². The zero-order valence-electron chi connectivity index (χ0n) is 15.8. The van der Waals surface area contributed by atoms with Crippen molar-refractivity contribution in [1.82, 2.24) is 10.2 Å². The van der Waals surface area contributed by atoms with Crippen LogP contribution in [-0.2, 0) is 9.59 Å². The number of hydrogen-bond donors (Lipinski definition) is 2. The Morgan fingerprint density at radius 3 is 2.34 bits per heavy atom. The van der Waals surface area contributed by atoms with E-state index in [4.69, 9.17) is 0 Å². The molecule has 0 unspecified atom stereocenters. The third-order valence-corrected chi connectivity index (χ3v) is 5.02. The van der Waals surface area contributed by atoms with Gasteiger partial charge in [-0.05, 0) is 36.4 Å². The summed E-state index contributed by atoms with van der Waals surface area (Å²) in [5, 5.41) is 5.59. The Morgan fingerprint density at radius 1 is 1.00 bits per heavy atom. The number of guanidine groups is 1. The monoisotopic (exact) mass is 395 g/mol. The molecule has 0 aliphatic carbocycles. The highest BCUT2D eigenvalue weighted by molar-refractivity contribution is 6.06. The predicted molar refractivity (Wildman–Crippen MR) is 109 cm³/mol. The van der Waals surface area contributed by atoms with Gasteiger partial charge in [0, 0.05) is 37.6 Å². The second-order valence-electron chi connectivity index (χ2n) is 7.03. The molecular weight excluding hydrogens is 373 g/mol. The number of halogens is 1. The summed E-state index contributed by atoms with van der Waals surface area (Å²) < 4.78 is 13.1. The maximum Gasteiger partial charge on any atom is 0.249 e. The molecule has 2 heterocycles. The number of nitrogens with zero attached hydrogens (tertiary/aromatic N) is 3. The van der Waals surface area contributed by atoms with E-state index in [2.05, 4.69) is 20.5 Å².